The van der Waals surface area contributed by atoms with Gasteiger partial charge >= 0.3 is 0 Å². The second kappa shape index (κ2) is 26.2. The first-order chi connectivity index (χ1) is 47.3. The zero-order valence-electron chi connectivity index (χ0n) is 55.4. The van der Waals surface area contributed by atoms with Crippen molar-refractivity contribution < 1.29 is 56.8 Å². The van der Waals surface area contributed by atoms with Gasteiger partial charge in [-0.2, -0.15) is 0 Å². The van der Waals surface area contributed by atoms with Crippen molar-refractivity contribution >= 4 is 0 Å². The van der Waals surface area contributed by atoms with Crippen LogP contribution in [0.4, 0.5) is 0 Å². The van der Waals surface area contributed by atoms with Gasteiger partial charge in [0.25, 0.3) is 0 Å². The summed E-state index contributed by atoms with van der Waals surface area (Å²) < 4.78 is 68.7. The molecule has 9 aliphatic heterocycles. The minimum atomic E-state index is 0.277. The van der Waals surface area contributed by atoms with Crippen LogP contribution in [0.25, 0.3) is 0 Å². The summed E-state index contributed by atoms with van der Waals surface area (Å²) in [6, 6.07) is 59.3. The van der Waals surface area contributed by atoms with E-state index in [1.807, 2.05) is 0 Å². The molecule has 0 radical (unpaired) electrons. The van der Waals surface area contributed by atoms with Crippen LogP contribution in [0.3, 0.4) is 0 Å². The first kappa shape index (κ1) is 61.3. The summed E-state index contributed by atoms with van der Waals surface area (Å²) in [5.41, 5.74) is 20.0. The van der Waals surface area contributed by atoms with Crippen LogP contribution in [0.1, 0.15) is 119 Å². The third-order valence-corrected chi connectivity index (χ3v) is 21.4. The maximum atomic E-state index is 5.85. The minimum absolute atomic E-state index is 0.277. The molecule has 0 bridgehead atoms. The molecule has 0 fully saturated rings. The highest BCUT2D eigenvalue weighted by Crippen LogP contribution is 2.57. The Hall–Kier alpha value is -9.54. The Morgan fingerprint density at radius 2 is 0.583 bits per heavy atom. The van der Waals surface area contributed by atoms with Crippen LogP contribution >= 0.6 is 0 Å². The third kappa shape index (κ3) is 11.1. The second-order valence-electron chi connectivity index (χ2n) is 26.2. The molecule has 2 unspecified atom stereocenters. The molecular formula is C81H81N3O12. The number of nitrogens with zero attached hydrogens (tertiary/aromatic N) is 3. The lowest BCUT2D eigenvalue weighted by Crippen LogP contribution is -2.42. The fourth-order valence-corrected chi connectivity index (χ4v) is 17.2. The van der Waals surface area contributed by atoms with Crippen LogP contribution < -0.4 is 56.8 Å². The van der Waals surface area contributed by atoms with E-state index in [0.29, 0.717) is 38.1 Å². The Balaban J connectivity index is 0.000000113. The van der Waals surface area contributed by atoms with Crippen molar-refractivity contribution in [3.05, 3.63) is 247 Å². The topological polar surface area (TPSA) is 120 Å². The highest BCUT2D eigenvalue weighted by Gasteiger charge is 2.46. The molecule has 6 atom stereocenters. The van der Waals surface area contributed by atoms with Gasteiger partial charge in [-0.3, -0.25) is 14.7 Å². The molecule has 0 saturated heterocycles. The van der Waals surface area contributed by atoms with E-state index in [1.165, 1.54) is 83.5 Å². The Morgan fingerprint density at radius 1 is 0.312 bits per heavy atom. The van der Waals surface area contributed by atoms with E-state index in [-0.39, 0.29) is 18.1 Å². The molecule has 15 heteroatoms. The average molecular weight is 1290 g/mol. The Labute approximate surface area is 561 Å². The van der Waals surface area contributed by atoms with Crippen LogP contribution in [-0.2, 0) is 58.2 Å². The number of rotatable bonds is 12. The molecule has 15 nitrogen and oxygen atoms in total. The molecule has 0 aromatic heterocycles. The molecule has 0 amide bonds. The third-order valence-electron chi connectivity index (χ3n) is 21.4. The van der Waals surface area contributed by atoms with E-state index in [0.717, 1.165) is 147 Å². The molecule has 0 N–H and O–H groups in total. The molecule has 9 aromatic rings. The lowest BCUT2D eigenvalue weighted by atomic mass is 9.73. The van der Waals surface area contributed by atoms with Gasteiger partial charge in [0, 0.05) is 91.8 Å². The normalized spacial score (nSPS) is 20.8. The quantitative estimate of drug-likeness (QED) is 0.115. The molecule has 96 heavy (non-hydrogen) atoms. The lowest BCUT2D eigenvalue weighted by Gasteiger charge is -2.46. The average Bonchev–Trinajstić information content (AvgIpc) is 0.791. The zero-order chi connectivity index (χ0) is 65.0. The van der Waals surface area contributed by atoms with Crippen molar-refractivity contribution in [3.63, 3.8) is 0 Å². The highest BCUT2D eigenvalue weighted by molar-refractivity contribution is 5.61. The first-order valence-electron chi connectivity index (χ1n) is 33.6. The van der Waals surface area contributed by atoms with E-state index in [4.69, 9.17) is 56.8 Å². The van der Waals surface area contributed by atoms with Gasteiger partial charge in [0.15, 0.2) is 69.0 Å². The van der Waals surface area contributed by atoms with Crippen molar-refractivity contribution in [2.24, 2.45) is 0 Å². The second-order valence-corrected chi connectivity index (χ2v) is 26.2. The molecule has 9 heterocycles. The minimum Gasteiger partial charge on any atom is -0.493 e. The summed E-state index contributed by atoms with van der Waals surface area (Å²) >= 11 is 0. The van der Waals surface area contributed by atoms with Crippen LogP contribution in [-0.4, -0.2) is 97.4 Å². The number of methoxy groups -OCH3 is 6. The smallest absolute Gasteiger partial charge is 0.231 e. The van der Waals surface area contributed by atoms with Crippen LogP contribution in [0.2, 0.25) is 0 Å². The number of benzene rings is 9. The van der Waals surface area contributed by atoms with Crippen LogP contribution in [0.15, 0.2) is 164 Å². The first-order valence-corrected chi connectivity index (χ1v) is 33.6. The van der Waals surface area contributed by atoms with Crippen molar-refractivity contribution in [1.29, 1.82) is 0 Å². The summed E-state index contributed by atoms with van der Waals surface area (Å²) in [4.78, 5) is 7.80. The molecule has 18 rings (SSSR count). The highest BCUT2D eigenvalue weighted by atomic mass is 16.7. The maximum Gasteiger partial charge on any atom is 0.231 e. The van der Waals surface area contributed by atoms with Gasteiger partial charge in [0.1, 0.15) is 0 Å². The van der Waals surface area contributed by atoms with Crippen LogP contribution in [0, 0.1) is 0 Å². The standard InChI is InChI=1S/3C27H27NO4/c3*1-29-23-9-8-19-21(12-17-6-4-3-5-7-17)26-20-14-25-24(31-16-32-25)13-18(20)10-11-28(26)15-22(19)27(23)30-2/h3*3-9,13-14,21,26H,10-12,15-16H2,1-2H3/t2*21-,26-;/m10./s1. The summed E-state index contributed by atoms with van der Waals surface area (Å²) in [5, 5.41) is 0. The van der Waals surface area contributed by atoms with Gasteiger partial charge in [0.05, 0.1) is 42.7 Å². The predicted octanol–water partition coefficient (Wildman–Crippen LogP) is 14.6. The van der Waals surface area contributed by atoms with E-state index < -0.39 is 0 Å². The number of hydrogen-bond acceptors (Lipinski definition) is 15. The van der Waals surface area contributed by atoms with Gasteiger partial charge in [-0.15, -0.1) is 0 Å². The molecule has 492 valence electrons. The predicted molar refractivity (Wildman–Crippen MR) is 366 cm³/mol. The molecule has 0 saturated carbocycles. The molecular weight excluding hydrogens is 1210 g/mol. The summed E-state index contributed by atoms with van der Waals surface area (Å²) in [6.07, 6.45) is 5.88. The fraction of sp³-hybridized carbons (Fsp3) is 0.333. The maximum absolute atomic E-state index is 5.85. The Kier molecular flexibility index (Phi) is 16.8. The van der Waals surface area contributed by atoms with Gasteiger partial charge in [-0.05, 0) is 160 Å². The summed E-state index contributed by atoms with van der Waals surface area (Å²) in [5.74, 6) is 11.1. The van der Waals surface area contributed by atoms with Gasteiger partial charge < -0.3 is 56.8 Å². The van der Waals surface area contributed by atoms with Crippen LogP contribution in [0.5, 0.6) is 69.0 Å². The lowest BCUT2D eigenvalue weighted by molar-refractivity contribution is 0.130. The fourth-order valence-electron chi connectivity index (χ4n) is 17.2. The molecule has 0 spiro atoms. The number of hydrogen-bond donors (Lipinski definition) is 0. The van der Waals surface area contributed by atoms with E-state index in [2.05, 4.69) is 178 Å². The summed E-state index contributed by atoms with van der Waals surface area (Å²) in [6.45, 7) is 6.46. The Bertz CT molecular complexity index is 3920. The monoisotopic (exact) mass is 1290 g/mol. The molecule has 0 aliphatic carbocycles. The zero-order valence-corrected chi connectivity index (χ0v) is 55.4. The van der Waals surface area contributed by atoms with E-state index in [9.17, 15) is 0 Å². The van der Waals surface area contributed by atoms with Crippen molar-refractivity contribution in [1.82, 2.24) is 14.7 Å². The van der Waals surface area contributed by atoms with Gasteiger partial charge in [-0.25, -0.2) is 0 Å². The van der Waals surface area contributed by atoms with E-state index in [1.54, 1.807) is 42.7 Å². The van der Waals surface area contributed by atoms with E-state index >= 15 is 0 Å². The summed E-state index contributed by atoms with van der Waals surface area (Å²) in [7, 11) is 10.3. The largest absolute Gasteiger partial charge is 0.493 e. The van der Waals surface area contributed by atoms with Crippen molar-refractivity contribution in [3.8, 4) is 69.0 Å². The SMILES string of the molecule is COc1ccc2c(c1OC)CN1CCc3cc4c(cc3C1C2Cc1ccccc1)OCO4.COc1ccc2c(c1OC)CN1CCc3cc4c(cc3[C@@H]1[C@@H]2Cc1ccccc1)OCO4.COc1ccc2c(c1OC)CN1CCc3cc4c(cc3[C@H]1[C@H]2Cc1ccccc1)OCO4. The number of ether oxygens (including phenoxy) is 12. The molecule has 9 aliphatic rings. The van der Waals surface area contributed by atoms with Crippen molar-refractivity contribution in [2.45, 2.75) is 94.0 Å². The molecule has 9 aromatic carbocycles. The van der Waals surface area contributed by atoms with Gasteiger partial charge in [0.2, 0.25) is 20.4 Å². The van der Waals surface area contributed by atoms with Crippen molar-refractivity contribution in [2.75, 3.05) is 82.7 Å². The number of fused-ring (bicyclic) bond motifs is 15. The van der Waals surface area contributed by atoms with Gasteiger partial charge in [-0.1, -0.05) is 109 Å². The Morgan fingerprint density at radius 3 is 0.844 bits per heavy atom.